The molecule has 0 radical (unpaired) electrons. The highest BCUT2D eigenvalue weighted by molar-refractivity contribution is 5.36. The van der Waals surface area contributed by atoms with E-state index in [-0.39, 0.29) is 13.1 Å². The fourth-order valence-corrected chi connectivity index (χ4v) is 1.67. The van der Waals surface area contributed by atoms with Crippen molar-refractivity contribution in [3.63, 3.8) is 0 Å². The molecule has 2 unspecified atom stereocenters. The summed E-state index contributed by atoms with van der Waals surface area (Å²) in [6.45, 7) is 0.530. The normalized spacial score (nSPS) is 11.8. The molecule has 0 bridgehead atoms. The Hall–Kier alpha value is -2.48. The molecule has 0 aromatic rings. The van der Waals surface area contributed by atoms with Crippen molar-refractivity contribution in [3.8, 4) is 0 Å². The second kappa shape index (κ2) is 13.0. The summed E-state index contributed by atoms with van der Waals surface area (Å²) in [5.74, 6) is 0. The summed E-state index contributed by atoms with van der Waals surface area (Å²) >= 11 is 0. The predicted molar refractivity (Wildman–Crippen MR) is 68.3 cm³/mol. The molecule has 20 heavy (non-hydrogen) atoms. The number of hydrogen-bond donors (Lipinski definition) is 0. The minimum absolute atomic E-state index is 0.265. The Morgan fingerprint density at radius 2 is 1.05 bits per heavy atom. The first-order valence-electron chi connectivity index (χ1n) is 6.01. The highest BCUT2D eigenvalue weighted by Gasteiger charge is 2.20. The maximum Gasteiger partial charge on any atom is 0.235 e. The van der Waals surface area contributed by atoms with E-state index in [1.54, 1.807) is 0 Å². The van der Waals surface area contributed by atoms with Crippen LogP contribution in [0.5, 0.6) is 0 Å². The van der Waals surface area contributed by atoms with Crippen LogP contribution in [0.25, 0.3) is 0 Å². The van der Waals surface area contributed by atoms with Gasteiger partial charge in [0.15, 0.2) is 0 Å². The van der Waals surface area contributed by atoms with E-state index in [0.717, 1.165) is 0 Å². The molecule has 8 heteroatoms. The fourth-order valence-electron chi connectivity index (χ4n) is 1.67. The van der Waals surface area contributed by atoms with Crippen molar-refractivity contribution in [2.24, 2.45) is 20.0 Å². The van der Waals surface area contributed by atoms with Gasteiger partial charge in [0.2, 0.25) is 24.3 Å². The Bertz CT molecular complexity index is 424. The minimum atomic E-state index is -0.531. The number of rotatable bonds is 11. The summed E-state index contributed by atoms with van der Waals surface area (Å²) in [4.78, 5) is 54.6. The lowest BCUT2D eigenvalue weighted by Gasteiger charge is -2.16. The Morgan fingerprint density at radius 1 is 0.650 bits per heavy atom. The molecule has 0 aliphatic heterocycles. The van der Waals surface area contributed by atoms with E-state index < -0.39 is 12.1 Å². The molecule has 106 valence electrons. The number of carbonyl (C=O) groups excluding carboxylic acids is 4. The van der Waals surface area contributed by atoms with Gasteiger partial charge in [-0.2, -0.15) is 0 Å². The highest BCUT2D eigenvalue weighted by atomic mass is 16.1. The summed E-state index contributed by atoms with van der Waals surface area (Å²) in [5.41, 5.74) is 0. The Kier molecular flexibility index (Phi) is 11.4. The van der Waals surface area contributed by atoms with Crippen LogP contribution in [0.1, 0.15) is 25.7 Å². The average Bonchev–Trinajstić information content (AvgIpc) is 2.46. The minimum Gasteiger partial charge on any atom is -0.211 e. The van der Waals surface area contributed by atoms with Crippen molar-refractivity contribution in [2.45, 2.75) is 37.8 Å². The topological polar surface area (TPSA) is 118 Å². The van der Waals surface area contributed by atoms with Gasteiger partial charge in [0.05, 0.1) is 25.2 Å². The lowest BCUT2D eigenvalue weighted by Crippen LogP contribution is -2.23. The van der Waals surface area contributed by atoms with Gasteiger partial charge in [-0.1, -0.05) is 0 Å². The molecule has 0 saturated heterocycles. The van der Waals surface area contributed by atoms with E-state index in [4.69, 9.17) is 0 Å². The first kappa shape index (κ1) is 17.5. The number of isocyanates is 4. The number of hydrogen-bond acceptors (Lipinski definition) is 8. The lowest BCUT2D eigenvalue weighted by molar-refractivity contribution is 0.447. The maximum absolute atomic E-state index is 10.4. The van der Waals surface area contributed by atoms with Gasteiger partial charge >= 0.3 is 0 Å². The molecule has 0 aliphatic rings. The smallest absolute Gasteiger partial charge is 0.211 e. The molecule has 0 N–H and O–H groups in total. The molecule has 8 nitrogen and oxygen atoms in total. The van der Waals surface area contributed by atoms with Crippen LogP contribution in [0.15, 0.2) is 20.0 Å². The van der Waals surface area contributed by atoms with Crippen LogP contribution in [0, 0.1) is 0 Å². The molecule has 2 atom stereocenters. The molecule has 0 aromatic carbocycles. The van der Waals surface area contributed by atoms with E-state index in [0.29, 0.717) is 25.7 Å². The van der Waals surface area contributed by atoms with E-state index in [9.17, 15) is 19.2 Å². The van der Waals surface area contributed by atoms with Crippen LogP contribution in [0.2, 0.25) is 0 Å². The monoisotopic (exact) mass is 278 g/mol. The second-order valence-electron chi connectivity index (χ2n) is 3.81. The predicted octanol–water partition coefficient (Wildman–Crippen LogP) is 0.627. The van der Waals surface area contributed by atoms with Crippen molar-refractivity contribution in [3.05, 3.63) is 0 Å². The van der Waals surface area contributed by atoms with Gasteiger partial charge in [-0.15, -0.1) is 0 Å². The molecular weight excluding hydrogens is 264 g/mol. The van der Waals surface area contributed by atoms with E-state index in [2.05, 4.69) is 20.0 Å². The Balaban J connectivity index is 4.57. The first-order chi connectivity index (χ1) is 9.79. The van der Waals surface area contributed by atoms with Crippen LogP contribution in [-0.2, 0) is 19.2 Å². The third-order valence-electron chi connectivity index (χ3n) is 2.55. The van der Waals surface area contributed by atoms with E-state index in [1.165, 1.54) is 24.3 Å². The average molecular weight is 278 g/mol. The third kappa shape index (κ3) is 8.59. The third-order valence-corrected chi connectivity index (χ3v) is 2.55. The van der Waals surface area contributed by atoms with Crippen LogP contribution in [0.3, 0.4) is 0 Å². The standard InChI is InChI=1S/C12H14N4O4/c17-7-13-5-1-3-11(15-9-19)12(16-10-20)4-2-6-14-8-18/h11-12H,1-6H2. The molecule has 0 fully saturated rings. The molecule has 0 amide bonds. The summed E-state index contributed by atoms with van der Waals surface area (Å²) < 4.78 is 0. The molecule has 0 rings (SSSR count). The maximum atomic E-state index is 10.4. The Labute approximate surface area is 115 Å². The zero-order chi connectivity index (χ0) is 15.1. The van der Waals surface area contributed by atoms with Crippen molar-refractivity contribution < 1.29 is 19.2 Å². The lowest BCUT2D eigenvalue weighted by atomic mass is 9.99. The number of nitrogens with zero attached hydrogens (tertiary/aromatic N) is 4. The molecule has 0 heterocycles. The van der Waals surface area contributed by atoms with Crippen LogP contribution >= 0.6 is 0 Å². The van der Waals surface area contributed by atoms with Crippen molar-refractivity contribution in [2.75, 3.05) is 13.1 Å². The molecular formula is C12H14N4O4. The van der Waals surface area contributed by atoms with Crippen LogP contribution < -0.4 is 0 Å². The molecule has 0 aromatic heterocycles. The van der Waals surface area contributed by atoms with Crippen LogP contribution in [0.4, 0.5) is 0 Å². The largest absolute Gasteiger partial charge is 0.235 e. The fraction of sp³-hybridized carbons (Fsp3) is 0.667. The zero-order valence-electron chi connectivity index (χ0n) is 10.8. The second-order valence-corrected chi connectivity index (χ2v) is 3.81. The van der Waals surface area contributed by atoms with Crippen molar-refractivity contribution >= 4 is 24.3 Å². The van der Waals surface area contributed by atoms with Gasteiger partial charge < -0.3 is 0 Å². The van der Waals surface area contributed by atoms with Gasteiger partial charge in [0.1, 0.15) is 0 Å². The van der Waals surface area contributed by atoms with E-state index >= 15 is 0 Å². The van der Waals surface area contributed by atoms with Crippen molar-refractivity contribution in [1.82, 2.24) is 0 Å². The van der Waals surface area contributed by atoms with Crippen LogP contribution in [-0.4, -0.2) is 49.5 Å². The summed E-state index contributed by atoms with van der Waals surface area (Å²) in [6, 6.07) is -1.06. The molecule has 0 spiro atoms. The summed E-state index contributed by atoms with van der Waals surface area (Å²) in [6.07, 6.45) is 7.55. The van der Waals surface area contributed by atoms with E-state index in [1.807, 2.05) is 0 Å². The Morgan fingerprint density at radius 3 is 1.35 bits per heavy atom. The van der Waals surface area contributed by atoms with Gasteiger partial charge in [-0.3, -0.25) is 0 Å². The van der Waals surface area contributed by atoms with Crippen molar-refractivity contribution in [1.29, 1.82) is 0 Å². The first-order valence-corrected chi connectivity index (χ1v) is 6.01. The van der Waals surface area contributed by atoms with Gasteiger partial charge in [-0.05, 0) is 25.7 Å². The quantitative estimate of drug-likeness (QED) is 0.313. The number of aliphatic imine (C=N–C) groups is 4. The van der Waals surface area contributed by atoms with Gasteiger partial charge in [-0.25, -0.2) is 39.1 Å². The zero-order valence-corrected chi connectivity index (χ0v) is 10.8. The SMILES string of the molecule is O=C=NCCCC(N=C=O)C(CCCN=C=O)N=C=O. The molecule has 0 aliphatic carbocycles. The molecule has 0 saturated carbocycles. The van der Waals surface area contributed by atoms with Gasteiger partial charge in [0.25, 0.3) is 0 Å². The summed E-state index contributed by atoms with van der Waals surface area (Å²) in [7, 11) is 0. The summed E-state index contributed by atoms with van der Waals surface area (Å²) in [5, 5.41) is 0. The highest BCUT2D eigenvalue weighted by Crippen LogP contribution is 2.15. The van der Waals surface area contributed by atoms with Gasteiger partial charge in [0, 0.05) is 0 Å².